The molecule has 2 aromatic heterocycles. The molecule has 0 fully saturated rings. The molecule has 28 heavy (non-hydrogen) atoms. The zero-order valence-corrected chi connectivity index (χ0v) is 16.8. The molecule has 0 unspecified atom stereocenters. The van der Waals surface area contributed by atoms with Gasteiger partial charge in [0.15, 0.2) is 0 Å². The maximum atomic E-state index is 11.8. The van der Waals surface area contributed by atoms with E-state index in [9.17, 15) is 9.59 Å². The second-order valence-corrected chi connectivity index (χ2v) is 7.77. The smallest absolute Gasteiger partial charge is 0.294 e. The quantitative estimate of drug-likeness (QED) is 0.420. The van der Waals surface area contributed by atoms with Gasteiger partial charge in [-0.1, -0.05) is 47.8 Å². The molecule has 2 heterocycles. The molecule has 0 radical (unpaired) electrons. The first-order chi connectivity index (χ1) is 13.4. The summed E-state index contributed by atoms with van der Waals surface area (Å²) in [6, 6.07) is 7.89. The third-order valence-electron chi connectivity index (χ3n) is 3.80. The molecule has 0 aliphatic heterocycles. The van der Waals surface area contributed by atoms with Gasteiger partial charge in [-0.3, -0.25) is 9.59 Å². The minimum atomic E-state index is -0.359. The molecule has 146 valence electrons. The molecule has 0 aliphatic rings. The van der Waals surface area contributed by atoms with Crippen LogP contribution in [0.1, 0.15) is 22.5 Å². The lowest BCUT2D eigenvalue weighted by atomic mass is 10.2. The third-order valence-corrected chi connectivity index (χ3v) is 5.83. The van der Waals surface area contributed by atoms with Crippen molar-refractivity contribution >= 4 is 23.5 Å². The van der Waals surface area contributed by atoms with E-state index in [0.717, 1.165) is 20.5 Å². The first-order valence-corrected chi connectivity index (χ1v) is 10.1. The molecule has 3 aromatic rings. The molecule has 0 spiro atoms. The number of aryl methyl sites for hydroxylation is 2. The highest BCUT2D eigenvalue weighted by Crippen LogP contribution is 2.22. The summed E-state index contributed by atoms with van der Waals surface area (Å²) in [6.45, 7) is 3.13. The van der Waals surface area contributed by atoms with Gasteiger partial charge in [-0.25, -0.2) is 0 Å². The topological polar surface area (TPSA) is 148 Å². The van der Waals surface area contributed by atoms with Crippen molar-refractivity contribution in [3.63, 3.8) is 0 Å². The van der Waals surface area contributed by atoms with Crippen LogP contribution in [0.15, 0.2) is 44.2 Å². The van der Waals surface area contributed by atoms with E-state index < -0.39 is 0 Å². The first-order valence-electron chi connectivity index (χ1n) is 8.13. The lowest BCUT2D eigenvalue weighted by Crippen LogP contribution is -2.32. The third kappa shape index (κ3) is 4.34. The number of hydrogen-bond donors (Lipinski definition) is 2. The fourth-order valence-corrected chi connectivity index (χ4v) is 3.78. The minimum Gasteiger partial charge on any atom is -0.334 e. The van der Waals surface area contributed by atoms with Crippen molar-refractivity contribution in [3.05, 3.63) is 67.5 Å². The maximum Gasteiger partial charge on any atom is 0.294 e. The molecule has 0 amide bonds. The zero-order valence-electron chi connectivity index (χ0n) is 15.2. The Labute approximate surface area is 168 Å². The van der Waals surface area contributed by atoms with Gasteiger partial charge < -0.3 is 11.7 Å². The minimum absolute atomic E-state index is 0.259. The number of rotatable bonds is 6. The second-order valence-electron chi connectivity index (χ2n) is 5.88. The Morgan fingerprint density at radius 2 is 1.11 bits per heavy atom. The van der Waals surface area contributed by atoms with Gasteiger partial charge in [-0.05, 0) is 25.0 Å². The molecule has 10 nitrogen and oxygen atoms in total. The number of thioether (sulfide) groups is 2. The van der Waals surface area contributed by atoms with E-state index in [1.165, 1.54) is 23.5 Å². The number of nitrogen functional groups attached to an aromatic ring is 2. The Hall–Kier alpha value is -2.86. The van der Waals surface area contributed by atoms with Gasteiger partial charge >= 0.3 is 0 Å². The van der Waals surface area contributed by atoms with Crippen LogP contribution in [0.25, 0.3) is 0 Å². The normalized spacial score (nSPS) is 10.9. The molecule has 0 bridgehead atoms. The van der Waals surface area contributed by atoms with E-state index in [2.05, 4.69) is 20.4 Å². The van der Waals surface area contributed by atoms with Crippen LogP contribution in [-0.4, -0.2) is 29.7 Å². The van der Waals surface area contributed by atoms with Crippen molar-refractivity contribution in [2.24, 2.45) is 0 Å². The lowest BCUT2D eigenvalue weighted by Gasteiger charge is -2.08. The number of aromatic nitrogens is 6. The highest BCUT2D eigenvalue weighted by molar-refractivity contribution is 7.98. The second kappa shape index (κ2) is 8.44. The van der Waals surface area contributed by atoms with E-state index in [1.807, 2.05) is 24.3 Å². The maximum absolute atomic E-state index is 11.8. The van der Waals surface area contributed by atoms with Crippen molar-refractivity contribution < 1.29 is 0 Å². The van der Waals surface area contributed by atoms with Gasteiger partial charge in [0.25, 0.3) is 11.1 Å². The van der Waals surface area contributed by atoms with Gasteiger partial charge in [0, 0.05) is 11.5 Å². The van der Waals surface area contributed by atoms with Gasteiger partial charge in [0.05, 0.1) is 0 Å². The van der Waals surface area contributed by atoms with Gasteiger partial charge in [0.2, 0.25) is 10.3 Å². The Balaban J connectivity index is 1.61. The summed E-state index contributed by atoms with van der Waals surface area (Å²) in [5, 5.41) is 16.2. The van der Waals surface area contributed by atoms with Crippen molar-refractivity contribution in [2.45, 2.75) is 35.7 Å². The molecule has 3 rings (SSSR count). The SMILES string of the molecule is Cc1nnc(SCc2ccc(CSc3nnc(C)c(=O)n3N)cc2)n(N)c1=O. The van der Waals surface area contributed by atoms with E-state index in [4.69, 9.17) is 11.7 Å². The summed E-state index contributed by atoms with van der Waals surface area (Å²) in [5.74, 6) is 12.6. The highest BCUT2D eigenvalue weighted by atomic mass is 32.2. The highest BCUT2D eigenvalue weighted by Gasteiger charge is 2.09. The molecule has 4 N–H and O–H groups in total. The summed E-state index contributed by atoms with van der Waals surface area (Å²) in [5.41, 5.74) is 1.88. The fourth-order valence-electron chi connectivity index (χ4n) is 2.16. The predicted molar refractivity (Wildman–Crippen MR) is 108 cm³/mol. The fraction of sp³-hybridized carbons (Fsp3) is 0.250. The van der Waals surface area contributed by atoms with Crippen LogP contribution < -0.4 is 22.8 Å². The Kier molecular flexibility index (Phi) is 5.99. The van der Waals surface area contributed by atoms with Crippen LogP contribution >= 0.6 is 23.5 Å². The Bertz CT molecular complexity index is 1020. The van der Waals surface area contributed by atoms with Gasteiger partial charge in [0.1, 0.15) is 11.4 Å². The summed E-state index contributed by atoms with van der Waals surface area (Å²) < 4.78 is 2.01. The van der Waals surface area contributed by atoms with Crippen LogP contribution in [0.4, 0.5) is 0 Å². The molecule has 0 saturated heterocycles. The Morgan fingerprint density at radius 1 is 0.750 bits per heavy atom. The average molecular weight is 419 g/mol. The molecular formula is C16H18N8O2S2. The molecule has 12 heteroatoms. The van der Waals surface area contributed by atoms with Crippen molar-refractivity contribution in [1.29, 1.82) is 0 Å². The largest absolute Gasteiger partial charge is 0.334 e. The van der Waals surface area contributed by atoms with Crippen molar-refractivity contribution in [2.75, 3.05) is 11.7 Å². The van der Waals surface area contributed by atoms with Crippen LogP contribution in [0.3, 0.4) is 0 Å². The van der Waals surface area contributed by atoms with E-state index in [0.29, 0.717) is 21.8 Å². The molecule has 1 aromatic carbocycles. The monoisotopic (exact) mass is 418 g/mol. The van der Waals surface area contributed by atoms with Crippen LogP contribution in [0, 0.1) is 13.8 Å². The molecule has 0 aliphatic carbocycles. The van der Waals surface area contributed by atoms with E-state index >= 15 is 0 Å². The van der Waals surface area contributed by atoms with Crippen LogP contribution in [0.5, 0.6) is 0 Å². The molecular weight excluding hydrogens is 400 g/mol. The van der Waals surface area contributed by atoms with Crippen LogP contribution in [0.2, 0.25) is 0 Å². The standard InChI is InChI=1S/C16H18N8O2S2/c1-9-13(25)23(17)15(21-19-9)27-7-11-3-5-12(6-4-11)8-28-16-22-20-10(2)14(26)24(16)18/h3-6H,7-8,17-18H2,1-2H3. The number of hydrogen-bond acceptors (Lipinski definition) is 10. The molecule has 0 atom stereocenters. The van der Waals surface area contributed by atoms with Gasteiger partial charge in [-0.2, -0.15) is 9.35 Å². The van der Waals surface area contributed by atoms with Gasteiger partial charge in [-0.15, -0.1) is 20.4 Å². The van der Waals surface area contributed by atoms with Crippen LogP contribution in [-0.2, 0) is 11.5 Å². The number of nitrogens with two attached hydrogens (primary N) is 2. The van der Waals surface area contributed by atoms with E-state index in [-0.39, 0.29) is 22.5 Å². The zero-order chi connectivity index (χ0) is 20.3. The lowest BCUT2D eigenvalue weighted by molar-refractivity contribution is 0.681. The number of benzene rings is 1. The first kappa shape index (κ1) is 19.9. The van der Waals surface area contributed by atoms with Crippen molar-refractivity contribution in [1.82, 2.24) is 29.7 Å². The summed E-state index contributed by atoms with van der Waals surface area (Å²) >= 11 is 2.66. The van der Waals surface area contributed by atoms with Crippen molar-refractivity contribution in [3.8, 4) is 0 Å². The average Bonchev–Trinajstić information content (AvgIpc) is 2.70. The van der Waals surface area contributed by atoms with E-state index in [1.54, 1.807) is 13.8 Å². The summed E-state index contributed by atoms with van der Waals surface area (Å²) in [6.07, 6.45) is 0. The summed E-state index contributed by atoms with van der Waals surface area (Å²) in [4.78, 5) is 23.6. The Morgan fingerprint density at radius 3 is 1.46 bits per heavy atom. The number of nitrogens with zero attached hydrogens (tertiary/aromatic N) is 6. The predicted octanol–water partition coefficient (Wildman–Crippen LogP) is 0.219. The molecule has 0 saturated carbocycles. The summed E-state index contributed by atoms with van der Waals surface area (Å²) in [7, 11) is 0.